The number of pyridine rings is 1. The van der Waals surface area contributed by atoms with Crippen molar-refractivity contribution in [2.45, 2.75) is 32.7 Å². The van der Waals surface area contributed by atoms with E-state index < -0.39 is 6.04 Å². The first-order valence-corrected chi connectivity index (χ1v) is 9.72. The van der Waals surface area contributed by atoms with Gasteiger partial charge in [0.1, 0.15) is 0 Å². The van der Waals surface area contributed by atoms with Crippen molar-refractivity contribution in [1.82, 2.24) is 4.98 Å². The number of anilines is 2. The Morgan fingerprint density at radius 3 is 2.75 bits per heavy atom. The van der Waals surface area contributed by atoms with E-state index in [9.17, 15) is 9.59 Å². The Labute approximate surface area is 173 Å². The van der Waals surface area contributed by atoms with Gasteiger partial charge in [-0.15, -0.1) is 0 Å². The highest BCUT2D eigenvalue weighted by molar-refractivity contribution is 6.35. The zero-order valence-electron chi connectivity index (χ0n) is 15.5. The predicted octanol–water partition coefficient (Wildman–Crippen LogP) is 5.16. The molecule has 1 aliphatic carbocycles. The summed E-state index contributed by atoms with van der Waals surface area (Å²) in [6.45, 7) is 4.13. The number of allylic oxidation sites excluding steroid dienone is 1. The van der Waals surface area contributed by atoms with Crippen molar-refractivity contribution in [1.29, 1.82) is 0 Å². The van der Waals surface area contributed by atoms with Crippen molar-refractivity contribution in [2.75, 3.05) is 10.2 Å². The Hall–Kier alpha value is -2.37. The summed E-state index contributed by atoms with van der Waals surface area (Å²) in [6, 6.07) is 6.23. The number of aromatic nitrogens is 1. The number of Topliss-reactive ketones (excluding diaryl/α,β-unsaturated/α-hetero) is 1. The number of fused-ring (bicyclic) bond motifs is 1. The number of halogens is 2. The van der Waals surface area contributed by atoms with Crippen LogP contribution in [0.2, 0.25) is 10.0 Å². The lowest BCUT2D eigenvalue weighted by Crippen LogP contribution is -2.35. The van der Waals surface area contributed by atoms with Crippen LogP contribution < -0.4 is 10.2 Å². The number of hydrogen-bond acceptors (Lipinski definition) is 4. The molecule has 5 nitrogen and oxygen atoms in total. The molecule has 1 aromatic carbocycles. The summed E-state index contributed by atoms with van der Waals surface area (Å²) >= 11 is 12.6. The first-order valence-electron chi connectivity index (χ1n) is 8.96. The molecule has 1 amide bonds. The normalized spacial score (nSPS) is 20.8. The Morgan fingerprint density at radius 2 is 2.04 bits per heavy atom. The third kappa shape index (κ3) is 3.19. The van der Waals surface area contributed by atoms with Crippen LogP contribution in [0, 0.1) is 5.41 Å². The molecular formula is C21H19Cl2N3O2. The maximum Gasteiger partial charge on any atom is 0.215 e. The van der Waals surface area contributed by atoms with Crippen LogP contribution in [0.25, 0.3) is 0 Å². The molecular weight excluding hydrogens is 397 g/mol. The van der Waals surface area contributed by atoms with E-state index in [0.717, 1.165) is 12.1 Å². The fourth-order valence-corrected chi connectivity index (χ4v) is 4.57. The van der Waals surface area contributed by atoms with Crippen LogP contribution >= 0.6 is 23.2 Å². The molecule has 4 rings (SSSR count). The molecule has 0 radical (unpaired) electrons. The molecule has 0 fully saturated rings. The number of ketones is 1. The SMILES string of the molecule is CC1(C)CC(=O)C2=C(C1)Nc1cnccc1N(C=O)[C@H]2c1ccc(Cl)cc1Cl. The molecule has 2 heterocycles. The molecule has 0 bridgehead atoms. The lowest BCUT2D eigenvalue weighted by atomic mass is 9.73. The van der Waals surface area contributed by atoms with Crippen LogP contribution in [-0.4, -0.2) is 17.2 Å². The lowest BCUT2D eigenvalue weighted by Gasteiger charge is -2.36. The third-order valence-corrected chi connectivity index (χ3v) is 5.77. The lowest BCUT2D eigenvalue weighted by molar-refractivity contribution is -0.118. The fourth-order valence-electron chi connectivity index (χ4n) is 4.06. The average molecular weight is 416 g/mol. The maximum atomic E-state index is 13.2. The number of benzene rings is 1. The zero-order valence-corrected chi connectivity index (χ0v) is 17.0. The van der Waals surface area contributed by atoms with E-state index in [4.69, 9.17) is 23.2 Å². The second-order valence-corrected chi connectivity index (χ2v) is 8.78. The van der Waals surface area contributed by atoms with Gasteiger partial charge in [-0.2, -0.15) is 0 Å². The molecule has 28 heavy (non-hydrogen) atoms. The van der Waals surface area contributed by atoms with Crippen molar-refractivity contribution < 1.29 is 9.59 Å². The van der Waals surface area contributed by atoms with Gasteiger partial charge in [0.25, 0.3) is 0 Å². The van der Waals surface area contributed by atoms with Gasteiger partial charge in [-0.3, -0.25) is 14.6 Å². The first-order chi connectivity index (χ1) is 13.3. The minimum absolute atomic E-state index is 0.00221. The average Bonchev–Trinajstić information content (AvgIpc) is 2.74. The molecule has 1 aromatic heterocycles. The van der Waals surface area contributed by atoms with E-state index in [1.807, 2.05) is 0 Å². The molecule has 144 valence electrons. The van der Waals surface area contributed by atoms with Gasteiger partial charge in [0.15, 0.2) is 5.78 Å². The summed E-state index contributed by atoms with van der Waals surface area (Å²) < 4.78 is 0. The van der Waals surface area contributed by atoms with E-state index in [2.05, 4.69) is 24.1 Å². The van der Waals surface area contributed by atoms with Gasteiger partial charge in [0.2, 0.25) is 6.41 Å². The number of nitrogens with one attached hydrogen (secondary N) is 1. The number of carbonyl (C=O) groups excluding carboxylic acids is 2. The minimum atomic E-state index is -0.642. The summed E-state index contributed by atoms with van der Waals surface area (Å²) in [6.07, 6.45) is 5.09. The molecule has 1 aliphatic heterocycles. The van der Waals surface area contributed by atoms with Crippen molar-refractivity contribution >= 4 is 46.8 Å². The zero-order chi connectivity index (χ0) is 20.1. The molecule has 7 heteroatoms. The highest BCUT2D eigenvalue weighted by Crippen LogP contribution is 2.48. The summed E-state index contributed by atoms with van der Waals surface area (Å²) in [5.74, 6) is 0.00221. The molecule has 0 spiro atoms. The van der Waals surface area contributed by atoms with Gasteiger partial charge < -0.3 is 10.2 Å². The quantitative estimate of drug-likeness (QED) is 0.687. The summed E-state index contributed by atoms with van der Waals surface area (Å²) in [5, 5.41) is 4.27. The molecule has 1 atom stereocenters. The van der Waals surface area contributed by atoms with Crippen molar-refractivity contribution in [3.8, 4) is 0 Å². The van der Waals surface area contributed by atoms with Gasteiger partial charge in [0, 0.05) is 33.9 Å². The van der Waals surface area contributed by atoms with Gasteiger partial charge in [-0.1, -0.05) is 43.1 Å². The smallest absolute Gasteiger partial charge is 0.215 e. The number of carbonyl (C=O) groups is 2. The van der Waals surface area contributed by atoms with Crippen LogP contribution in [0.3, 0.4) is 0 Å². The van der Waals surface area contributed by atoms with Crippen molar-refractivity contribution in [3.05, 3.63) is 63.5 Å². The molecule has 1 N–H and O–H groups in total. The number of amides is 1. The van der Waals surface area contributed by atoms with Crippen molar-refractivity contribution in [3.63, 3.8) is 0 Å². The number of hydrogen-bond donors (Lipinski definition) is 1. The second kappa shape index (κ2) is 6.90. The topological polar surface area (TPSA) is 62.3 Å². The maximum absolute atomic E-state index is 13.2. The van der Waals surface area contributed by atoms with Crippen LogP contribution in [-0.2, 0) is 9.59 Å². The Kier molecular flexibility index (Phi) is 4.68. The molecule has 2 aliphatic rings. The van der Waals surface area contributed by atoms with Gasteiger partial charge in [0.05, 0.1) is 23.6 Å². The third-order valence-electron chi connectivity index (χ3n) is 5.20. The van der Waals surface area contributed by atoms with Gasteiger partial charge in [-0.25, -0.2) is 0 Å². The Morgan fingerprint density at radius 1 is 1.25 bits per heavy atom. The highest BCUT2D eigenvalue weighted by Gasteiger charge is 2.42. The van der Waals surface area contributed by atoms with Gasteiger partial charge >= 0.3 is 0 Å². The molecule has 2 aromatic rings. The van der Waals surface area contributed by atoms with Crippen LogP contribution in [0.4, 0.5) is 11.4 Å². The number of nitrogens with zero attached hydrogens (tertiary/aromatic N) is 2. The summed E-state index contributed by atoms with van der Waals surface area (Å²) in [5.41, 5.74) is 3.16. The largest absolute Gasteiger partial charge is 0.356 e. The first kappa shape index (κ1) is 19.0. The van der Waals surface area contributed by atoms with Crippen LogP contribution in [0.15, 0.2) is 47.9 Å². The summed E-state index contributed by atoms with van der Waals surface area (Å²) in [7, 11) is 0. The number of rotatable bonds is 2. The molecule has 0 saturated carbocycles. The standard InChI is InChI=1S/C21H19Cl2N3O2/c1-21(2)8-15-19(18(28)9-21)20(13-4-3-12(22)7-14(13)23)26(11-27)17-5-6-24-10-16(17)25-15/h3-7,10-11,20,25H,8-9H2,1-2H3/t20-/m0/s1. The Balaban J connectivity index is 2.01. The fraction of sp³-hybridized carbons (Fsp3) is 0.286. The molecule has 0 saturated heterocycles. The molecule has 0 unspecified atom stereocenters. The van der Waals surface area contributed by atoms with Crippen molar-refractivity contribution in [2.24, 2.45) is 5.41 Å². The highest BCUT2D eigenvalue weighted by atomic mass is 35.5. The predicted molar refractivity (Wildman–Crippen MR) is 111 cm³/mol. The second-order valence-electron chi connectivity index (χ2n) is 7.93. The Bertz CT molecular complexity index is 1020. The van der Waals surface area contributed by atoms with E-state index >= 15 is 0 Å². The van der Waals surface area contributed by atoms with E-state index in [0.29, 0.717) is 45.4 Å². The van der Waals surface area contributed by atoms with Crippen LogP contribution in [0.1, 0.15) is 38.3 Å². The van der Waals surface area contributed by atoms with E-state index in [-0.39, 0.29) is 11.2 Å². The van der Waals surface area contributed by atoms with E-state index in [1.165, 1.54) is 4.90 Å². The van der Waals surface area contributed by atoms with E-state index in [1.54, 1.807) is 36.7 Å². The minimum Gasteiger partial charge on any atom is -0.356 e. The van der Waals surface area contributed by atoms with Crippen LogP contribution in [0.5, 0.6) is 0 Å². The summed E-state index contributed by atoms with van der Waals surface area (Å²) in [4.78, 5) is 31.2. The monoisotopic (exact) mass is 415 g/mol. The van der Waals surface area contributed by atoms with Gasteiger partial charge in [-0.05, 0) is 35.6 Å².